The predicted molar refractivity (Wildman–Crippen MR) is 110 cm³/mol. The molecule has 0 fully saturated rings. The third-order valence-corrected chi connectivity index (χ3v) is 4.76. The van der Waals surface area contributed by atoms with E-state index in [1.54, 1.807) is 18.3 Å². The fraction of sp³-hybridized carbons (Fsp3) is 0.286. The summed E-state index contributed by atoms with van der Waals surface area (Å²) in [6.07, 6.45) is 6.13. The largest absolute Gasteiger partial charge is 0.508 e. The number of benzene rings is 1. The van der Waals surface area contributed by atoms with Gasteiger partial charge in [-0.15, -0.1) is 0 Å². The number of aromatic nitrogens is 3. The van der Waals surface area contributed by atoms with Gasteiger partial charge >= 0.3 is 0 Å². The Hall–Kier alpha value is -3.35. The van der Waals surface area contributed by atoms with Crippen molar-refractivity contribution in [1.29, 1.82) is 0 Å². The normalized spacial score (nSPS) is 17.2. The zero-order chi connectivity index (χ0) is 19.5. The van der Waals surface area contributed by atoms with Gasteiger partial charge in [-0.1, -0.05) is 18.2 Å². The fourth-order valence-corrected chi connectivity index (χ4v) is 3.24. The summed E-state index contributed by atoms with van der Waals surface area (Å²) >= 11 is 0. The van der Waals surface area contributed by atoms with Gasteiger partial charge in [0.05, 0.1) is 6.33 Å². The molecule has 28 heavy (non-hydrogen) atoms. The Kier molecular flexibility index (Phi) is 4.97. The van der Waals surface area contributed by atoms with E-state index in [1.165, 1.54) is 0 Å². The molecule has 3 aromatic rings. The van der Waals surface area contributed by atoms with Crippen LogP contribution in [0.1, 0.15) is 42.9 Å². The summed E-state index contributed by atoms with van der Waals surface area (Å²) in [6.45, 7) is 4.89. The Labute approximate surface area is 164 Å². The topological polar surface area (TPSA) is 87.4 Å². The van der Waals surface area contributed by atoms with Gasteiger partial charge in [-0.25, -0.2) is 4.98 Å². The molecule has 3 N–H and O–H groups in total. The molecule has 0 saturated carbocycles. The number of nitrogens with one attached hydrogen (secondary N) is 2. The summed E-state index contributed by atoms with van der Waals surface area (Å²) in [5.74, 6) is 2.02. The first-order valence-electron chi connectivity index (χ1n) is 9.44. The molecule has 0 spiro atoms. The van der Waals surface area contributed by atoms with Gasteiger partial charge < -0.3 is 20.3 Å². The molecule has 0 amide bonds. The van der Waals surface area contributed by atoms with E-state index >= 15 is 0 Å². The molecule has 144 valence electrons. The Bertz CT molecular complexity index is 962. The molecule has 2 aromatic heterocycles. The van der Waals surface area contributed by atoms with E-state index in [4.69, 9.17) is 4.99 Å². The molecule has 1 unspecified atom stereocenters. The number of hydrogen-bond acceptors (Lipinski definition) is 5. The third-order valence-electron chi connectivity index (χ3n) is 4.76. The van der Waals surface area contributed by atoms with Gasteiger partial charge in [-0.3, -0.25) is 9.98 Å². The standard InChI is InChI=1S/C21H24N6O/c1-14(2)27-13-24-18-20(23-11-9-15-5-7-17(28)8-6-15)25-19(26-21(18)27)16-4-3-10-22-12-16/h3-8,10,12-14,19,26,28H,9,11H2,1-2H3,(H,23,25). The van der Waals surface area contributed by atoms with Crippen molar-refractivity contribution in [3.8, 4) is 5.75 Å². The van der Waals surface area contributed by atoms with Crippen LogP contribution in [0.15, 0.2) is 60.1 Å². The molecule has 0 saturated heterocycles. The number of phenols is 1. The number of imidazole rings is 1. The number of nitrogens with zero attached hydrogens (tertiary/aromatic N) is 4. The molecule has 7 heteroatoms. The molecule has 0 aliphatic carbocycles. The summed E-state index contributed by atoms with van der Waals surface area (Å²) in [5, 5.41) is 16.4. The highest BCUT2D eigenvalue weighted by Crippen LogP contribution is 2.28. The van der Waals surface area contributed by atoms with Gasteiger partial charge in [0.15, 0.2) is 5.84 Å². The lowest BCUT2D eigenvalue weighted by Crippen LogP contribution is -2.40. The van der Waals surface area contributed by atoms with E-state index in [9.17, 15) is 5.11 Å². The highest BCUT2D eigenvalue weighted by Gasteiger charge is 2.28. The number of fused-ring (bicyclic) bond motifs is 1. The number of phenolic OH excluding ortho intramolecular Hbond substituents is 1. The van der Waals surface area contributed by atoms with Crippen LogP contribution in [-0.4, -0.2) is 32.0 Å². The van der Waals surface area contributed by atoms with Crippen LogP contribution in [0.3, 0.4) is 0 Å². The van der Waals surface area contributed by atoms with Crippen molar-refractivity contribution >= 4 is 11.7 Å². The minimum atomic E-state index is -0.122. The second-order valence-corrected chi connectivity index (χ2v) is 7.10. The maximum absolute atomic E-state index is 9.42. The number of aromatic hydroxyl groups is 1. The first kappa shape index (κ1) is 18.0. The maximum atomic E-state index is 9.42. The lowest BCUT2D eigenvalue weighted by molar-refractivity contribution is 0.475. The Morgan fingerprint density at radius 1 is 1.18 bits per heavy atom. The highest BCUT2D eigenvalue weighted by atomic mass is 16.3. The highest BCUT2D eigenvalue weighted by molar-refractivity contribution is 6.03. The monoisotopic (exact) mass is 376 g/mol. The number of aliphatic imine (C=N–C) groups is 1. The number of amidine groups is 1. The predicted octanol–water partition coefficient (Wildman–Crippen LogP) is 3.27. The quantitative estimate of drug-likeness (QED) is 0.636. The molecular formula is C21H24N6O. The van der Waals surface area contributed by atoms with E-state index in [-0.39, 0.29) is 18.0 Å². The number of anilines is 1. The molecule has 1 aromatic carbocycles. The Balaban J connectivity index is 1.60. The van der Waals surface area contributed by atoms with E-state index in [0.29, 0.717) is 6.54 Å². The van der Waals surface area contributed by atoms with Crippen LogP contribution in [0.2, 0.25) is 0 Å². The van der Waals surface area contributed by atoms with Crippen LogP contribution in [0.4, 0.5) is 5.82 Å². The maximum Gasteiger partial charge on any atom is 0.153 e. The number of hydrogen-bond donors (Lipinski definition) is 3. The van der Waals surface area contributed by atoms with Crippen LogP contribution in [-0.2, 0) is 6.42 Å². The molecule has 1 aliphatic heterocycles. The summed E-state index contributed by atoms with van der Waals surface area (Å²) in [7, 11) is 0. The molecule has 0 bridgehead atoms. The van der Waals surface area contributed by atoms with Crippen molar-refractivity contribution in [2.75, 3.05) is 11.9 Å². The molecule has 0 radical (unpaired) electrons. The van der Waals surface area contributed by atoms with Crippen LogP contribution < -0.4 is 10.6 Å². The average molecular weight is 376 g/mol. The van der Waals surface area contributed by atoms with E-state index in [2.05, 4.69) is 39.0 Å². The minimum Gasteiger partial charge on any atom is -0.508 e. The second-order valence-electron chi connectivity index (χ2n) is 7.10. The van der Waals surface area contributed by atoms with Crippen molar-refractivity contribution in [3.63, 3.8) is 0 Å². The smallest absolute Gasteiger partial charge is 0.153 e. The van der Waals surface area contributed by atoms with Gasteiger partial charge in [0.1, 0.15) is 23.4 Å². The lowest BCUT2D eigenvalue weighted by Gasteiger charge is -2.29. The Morgan fingerprint density at radius 2 is 2.00 bits per heavy atom. The molecule has 1 atom stereocenters. The van der Waals surface area contributed by atoms with Gasteiger partial charge in [-0.05, 0) is 44.0 Å². The molecule has 7 nitrogen and oxygen atoms in total. The van der Waals surface area contributed by atoms with Gasteiger partial charge in [0.25, 0.3) is 0 Å². The van der Waals surface area contributed by atoms with Crippen molar-refractivity contribution in [2.24, 2.45) is 4.99 Å². The molecular weight excluding hydrogens is 352 g/mol. The number of rotatable bonds is 5. The van der Waals surface area contributed by atoms with Crippen LogP contribution >= 0.6 is 0 Å². The van der Waals surface area contributed by atoms with Crippen molar-refractivity contribution < 1.29 is 5.11 Å². The van der Waals surface area contributed by atoms with Crippen molar-refractivity contribution in [1.82, 2.24) is 19.9 Å². The number of pyridine rings is 1. The third kappa shape index (κ3) is 3.69. The summed E-state index contributed by atoms with van der Waals surface area (Å²) in [6, 6.07) is 11.5. The molecule has 3 heterocycles. The molecule has 1 aliphatic rings. The van der Waals surface area contributed by atoms with Crippen LogP contribution in [0, 0.1) is 0 Å². The fourth-order valence-electron chi connectivity index (χ4n) is 3.24. The van der Waals surface area contributed by atoms with Crippen molar-refractivity contribution in [2.45, 2.75) is 32.5 Å². The summed E-state index contributed by atoms with van der Waals surface area (Å²) < 4.78 is 2.12. The van der Waals surface area contributed by atoms with Crippen LogP contribution in [0.25, 0.3) is 0 Å². The zero-order valence-electron chi connectivity index (χ0n) is 16.0. The van der Waals surface area contributed by atoms with Crippen molar-refractivity contribution in [3.05, 3.63) is 71.9 Å². The SMILES string of the molecule is CC(C)n1cnc2c1NC(c1cccnc1)NC2=NCCc1ccc(O)cc1. The van der Waals surface area contributed by atoms with Gasteiger partial charge in [0.2, 0.25) is 0 Å². The first-order valence-corrected chi connectivity index (χ1v) is 9.44. The molecule has 4 rings (SSSR count). The van der Waals surface area contributed by atoms with E-state index in [1.807, 2.05) is 36.8 Å². The summed E-state index contributed by atoms with van der Waals surface area (Å²) in [5.41, 5.74) is 3.00. The average Bonchev–Trinajstić information content (AvgIpc) is 3.14. The zero-order valence-corrected chi connectivity index (χ0v) is 16.0. The Morgan fingerprint density at radius 3 is 2.71 bits per heavy atom. The first-order chi connectivity index (χ1) is 13.6. The summed E-state index contributed by atoms with van der Waals surface area (Å²) in [4.78, 5) is 13.6. The lowest BCUT2D eigenvalue weighted by atomic mass is 10.1. The van der Waals surface area contributed by atoms with Crippen LogP contribution in [0.5, 0.6) is 5.75 Å². The van der Waals surface area contributed by atoms with E-state index < -0.39 is 0 Å². The minimum absolute atomic E-state index is 0.122. The second kappa shape index (κ2) is 7.72. The van der Waals surface area contributed by atoms with E-state index in [0.717, 1.165) is 34.9 Å². The van der Waals surface area contributed by atoms with Gasteiger partial charge in [0, 0.05) is 30.5 Å². The van der Waals surface area contributed by atoms with Gasteiger partial charge in [-0.2, -0.15) is 0 Å².